The first-order valence-corrected chi connectivity index (χ1v) is 13.2. The third-order valence-electron chi connectivity index (χ3n) is 5.20. The van der Waals surface area contributed by atoms with E-state index in [9.17, 15) is 14.5 Å². The van der Waals surface area contributed by atoms with E-state index in [0.717, 1.165) is 4.57 Å². The predicted molar refractivity (Wildman–Crippen MR) is 135 cm³/mol. The zero-order valence-electron chi connectivity index (χ0n) is 20.3. The zero-order chi connectivity index (χ0) is 27.4. The van der Waals surface area contributed by atoms with E-state index in [0.29, 0.717) is 0 Å². The van der Waals surface area contributed by atoms with E-state index < -0.39 is 56.6 Å². The van der Waals surface area contributed by atoms with Gasteiger partial charge in [0.15, 0.2) is 12.4 Å². The van der Waals surface area contributed by atoms with E-state index in [-0.39, 0.29) is 16.3 Å². The molecule has 0 spiro atoms. The molecule has 1 aromatic carbocycles. The van der Waals surface area contributed by atoms with Crippen molar-refractivity contribution in [3.05, 3.63) is 47.4 Å². The Bertz CT molecular complexity index is 1260. The largest absolute Gasteiger partial charge is 0.462 e. The number of hydrogen-bond acceptors (Lipinski definition) is 10. The fourth-order valence-corrected chi connectivity index (χ4v) is 5.18. The van der Waals surface area contributed by atoms with Gasteiger partial charge in [-0.25, -0.2) is 13.9 Å². The van der Waals surface area contributed by atoms with Crippen LogP contribution in [-0.2, 0) is 23.4 Å². The lowest BCUT2D eigenvalue weighted by atomic mass is 9.96. The van der Waals surface area contributed by atoms with Crippen LogP contribution in [0.1, 0.15) is 27.0 Å². The lowest BCUT2D eigenvalue weighted by molar-refractivity contribution is -0.149. The van der Waals surface area contributed by atoms with Gasteiger partial charge in [0.1, 0.15) is 23.7 Å². The minimum absolute atomic E-state index is 0.107. The summed E-state index contributed by atoms with van der Waals surface area (Å²) < 4.78 is 51.9. The number of nitrogens with zero attached hydrogens (tertiary/aromatic N) is 2. The van der Waals surface area contributed by atoms with Gasteiger partial charge in [0.05, 0.1) is 12.7 Å². The maximum absolute atomic E-state index is 15.4. The molecule has 2 heterocycles. The highest BCUT2D eigenvalue weighted by atomic mass is 32.1. The van der Waals surface area contributed by atoms with Gasteiger partial charge in [-0.15, -0.1) is 6.42 Å². The molecule has 1 fully saturated rings. The van der Waals surface area contributed by atoms with Crippen LogP contribution in [0.25, 0.3) is 0 Å². The van der Waals surface area contributed by atoms with Crippen LogP contribution in [0.2, 0.25) is 0 Å². The molecule has 1 aliphatic rings. The predicted octanol–water partition coefficient (Wildman–Crippen LogP) is 2.93. The molecular formula is C23H28FN4O7PS. The summed E-state index contributed by atoms with van der Waals surface area (Å²) in [7, 11) is -4.32. The van der Waals surface area contributed by atoms with Gasteiger partial charge in [0.25, 0.3) is 0 Å². The van der Waals surface area contributed by atoms with Crippen molar-refractivity contribution in [1.82, 2.24) is 14.6 Å². The van der Waals surface area contributed by atoms with Crippen molar-refractivity contribution < 1.29 is 37.4 Å². The van der Waals surface area contributed by atoms with Gasteiger partial charge in [-0.3, -0.25) is 13.9 Å². The van der Waals surface area contributed by atoms with Gasteiger partial charge in [0, 0.05) is 6.20 Å². The number of carbonyl (C=O) groups excluding carboxylic acids is 1. The second-order valence-corrected chi connectivity index (χ2v) is 10.5. The molecule has 3 rings (SSSR count). The molecule has 6 atom stereocenters. The quantitative estimate of drug-likeness (QED) is 0.172. The number of aliphatic hydroxyl groups is 1. The van der Waals surface area contributed by atoms with Crippen molar-refractivity contribution >= 4 is 31.8 Å². The van der Waals surface area contributed by atoms with E-state index in [4.69, 9.17) is 42.9 Å². The number of benzene rings is 1. The number of ether oxygens (including phenoxy) is 2. The Morgan fingerprint density at radius 1 is 1.41 bits per heavy atom. The number of aromatic nitrogens is 2. The topological polar surface area (TPSA) is 147 Å². The summed E-state index contributed by atoms with van der Waals surface area (Å²) in [6.07, 6.45) is 1.22. The molecule has 11 nitrogen and oxygen atoms in total. The first kappa shape index (κ1) is 28.7. The van der Waals surface area contributed by atoms with E-state index in [2.05, 4.69) is 10.1 Å². The highest BCUT2D eigenvalue weighted by Crippen LogP contribution is 2.47. The molecule has 2 aromatic rings. The molecule has 0 amide bonds. The summed E-state index contributed by atoms with van der Waals surface area (Å²) in [6, 6.07) is 8.27. The average molecular weight is 555 g/mol. The Hall–Kier alpha value is -2.85. The number of terminal acetylenes is 1. The van der Waals surface area contributed by atoms with Gasteiger partial charge in [0.2, 0.25) is 10.4 Å². The molecule has 0 radical (unpaired) electrons. The average Bonchev–Trinajstić information content (AvgIpc) is 3.08. The lowest BCUT2D eigenvalue weighted by Crippen LogP contribution is -2.43. The molecule has 200 valence electrons. The van der Waals surface area contributed by atoms with Gasteiger partial charge >= 0.3 is 13.7 Å². The number of rotatable bonds is 10. The molecule has 4 N–H and O–H groups in total. The van der Waals surface area contributed by atoms with Crippen LogP contribution in [0.5, 0.6) is 5.75 Å². The molecule has 37 heavy (non-hydrogen) atoms. The lowest BCUT2D eigenvalue weighted by Gasteiger charge is -2.26. The number of alkyl halides is 1. The van der Waals surface area contributed by atoms with Gasteiger partial charge < -0.3 is 24.8 Å². The van der Waals surface area contributed by atoms with Crippen LogP contribution in [-0.4, -0.2) is 57.3 Å². The minimum Gasteiger partial charge on any atom is -0.462 e. The fraction of sp³-hybridized carbons (Fsp3) is 0.435. The summed E-state index contributed by atoms with van der Waals surface area (Å²) >= 11 is 5.14. The number of carbonyl (C=O) groups is 1. The monoisotopic (exact) mass is 554 g/mol. The van der Waals surface area contributed by atoms with Crippen molar-refractivity contribution in [2.75, 3.05) is 12.3 Å². The summed E-state index contributed by atoms with van der Waals surface area (Å²) in [5.41, 5.74) is 3.15. The van der Waals surface area contributed by atoms with Crippen molar-refractivity contribution in [1.29, 1.82) is 0 Å². The molecule has 0 aliphatic carbocycles. The molecule has 0 saturated carbocycles. The second kappa shape index (κ2) is 11.7. The van der Waals surface area contributed by atoms with Crippen LogP contribution >= 0.6 is 20.0 Å². The first-order valence-electron chi connectivity index (χ1n) is 11.2. The van der Waals surface area contributed by atoms with Crippen molar-refractivity contribution in [3.63, 3.8) is 0 Å². The minimum atomic E-state index is -4.32. The summed E-state index contributed by atoms with van der Waals surface area (Å²) in [5.74, 6) is 1.57. The van der Waals surface area contributed by atoms with Crippen LogP contribution < -0.4 is 15.3 Å². The number of esters is 1. The highest BCUT2D eigenvalue weighted by molar-refractivity contribution is 7.71. The standard InChI is InChI=1S/C23H28FN4O7PS/c1-5-23(30)19(24)17(34-21(23)28-12-11-18(25)26-22(28)37)13-32-36(31,35-16-9-7-6-8-10-16)27-15(4)20(29)33-14(2)3/h1,6-12,14-15,17,19,21,30H,13H2,2-4H3,(H,27,31)(H2,25,26,37)/t15-,17+,19-,21+,23?,36?/m0/s1. The summed E-state index contributed by atoms with van der Waals surface area (Å²) in [5, 5.41) is 13.4. The number of halogens is 1. The molecule has 1 aromatic heterocycles. The Morgan fingerprint density at radius 3 is 2.68 bits per heavy atom. The van der Waals surface area contributed by atoms with E-state index in [1.165, 1.54) is 31.3 Å². The molecule has 1 saturated heterocycles. The molecular weight excluding hydrogens is 526 g/mol. The SMILES string of the molecule is C#CC1(O)[C@@H](F)[C@@H](COP(=O)(N[C@@H](C)C(=O)OC(C)C)Oc2ccccc2)O[C@H]1n1ccc(N)nc1=S. The van der Waals surface area contributed by atoms with Gasteiger partial charge in [-0.05, 0) is 51.2 Å². The van der Waals surface area contributed by atoms with Crippen molar-refractivity contribution in [3.8, 4) is 18.1 Å². The van der Waals surface area contributed by atoms with Crippen molar-refractivity contribution in [2.45, 2.75) is 57.0 Å². The smallest absolute Gasteiger partial charge is 0.459 e. The number of nitrogen functional groups attached to an aromatic ring is 1. The Balaban J connectivity index is 1.83. The van der Waals surface area contributed by atoms with Gasteiger partial charge in [-0.1, -0.05) is 24.1 Å². The highest BCUT2D eigenvalue weighted by Gasteiger charge is 2.57. The third kappa shape index (κ3) is 6.73. The number of anilines is 1. The molecule has 2 unspecified atom stereocenters. The Labute approximate surface area is 218 Å². The van der Waals surface area contributed by atoms with Crippen LogP contribution in [0.3, 0.4) is 0 Å². The molecule has 14 heteroatoms. The number of hydrogen-bond donors (Lipinski definition) is 3. The van der Waals surface area contributed by atoms with E-state index >= 15 is 4.39 Å². The normalized spacial score (nSPS) is 25.7. The van der Waals surface area contributed by atoms with Crippen molar-refractivity contribution in [2.24, 2.45) is 0 Å². The first-order chi connectivity index (χ1) is 17.4. The molecule has 0 bridgehead atoms. The molecule has 1 aliphatic heterocycles. The maximum atomic E-state index is 15.4. The maximum Gasteiger partial charge on any atom is 0.459 e. The van der Waals surface area contributed by atoms with Gasteiger partial charge in [-0.2, -0.15) is 5.09 Å². The van der Waals surface area contributed by atoms with Crippen LogP contribution in [0.4, 0.5) is 10.2 Å². The van der Waals surface area contributed by atoms with E-state index in [1.807, 2.05) is 5.92 Å². The second-order valence-electron chi connectivity index (χ2n) is 8.47. The Morgan fingerprint density at radius 2 is 2.08 bits per heavy atom. The zero-order valence-corrected chi connectivity index (χ0v) is 22.0. The van der Waals surface area contributed by atoms with Crippen LogP contribution in [0, 0.1) is 17.1 Å². The van der Waals surface area contributed by atoms with E-state index in [1.54, 1.807) is 32.0 Å². The third-order valence-corrected chi connectivity index (χ3v) is 7.14. The summed E-state index contributed by atoms with van der Waals surface area (Å²) in [6.45, 7) is 4.04. The summed E-state index contributed by atoms with van der Waals surface area (Å²) in [4.78, 5) is 16.2. The fourth-order valence-electron chi connectivity index (χ4n) is 3.42. The van der Waals surface area contributed by atoms with Crippen LogP contribution in [0.15, 0.2) is 42.6 Å². The Kier molecular flexibility index (Phi) is 9.07. The number of nitrogens with two attached hydrogens (primary N) is 1. The number of para-hydroxylation sites is 1. The number of nitrogens with one attached hydrogen (secondary N) is 1.